The molecule has 1 aliphatic heterocycles. The van der Waals surface area contributed by atoms with Crippen molar-refractivity contribution in [3.63, 3.8) is 0 Å². The summed E-state index contributed by atoms with van der Waals surface area (Å²) < 4.78 is 13.2. The molecule has 1 aliphatic rings. The van der Waals surface area contributed by atoms with Crippen LogP contribution in [0.2, 0.25) is 5.02 Å². The summed E-state index contributed by atoms with van der Waals surface area (Å²) in [5.41, 5.74) is 1.51. The molecule has 0 aliphatic carbocycles. The lowest BCUT2D eigenvalue weighted by molar-refractivity contribution is -0.115. The standard InChI is InChI=1S/C22H14ClN3O3S3/c1-28-16-8-6-12(23)10-15(16)24-21-26-20(27)18(30-21)11-13-7-9-19(29-13)32-22-25-14-4-2-3-5-17(14)31-22/h2-11H,1H3,(H,24,26,27)/b18-11-. The molecular weight excluding hydrogens is 486 g/mol. The van der Waals surface area contributed by atoms with Crippen molar-refractivity contribution in [3.8, 4) is 5.75 Å². The van der Waals surface area contributed by atoms with Gasteiger partial charge in [0.25, 0.3) is 5.91 Å². The van der Waals surface area contributed by atoms with Crippen LogP contribution in [0.25, 0.3) is 16.3 Å². The van der Waals surface area contributed by atoms with Gasteiger partial charge in [0.05, 0.1) is 22.2 Å². The molecule has 0 radical (unpaired) electrons. The van der Waals surface area contributed by atoms with Crippen LogP contribution < -0.4 is 10.1 Å². The number of hydrogen-bond donors (Lipinski definition) is 1. The second kappa shape index (κ2) is 9.03. The largest absolute Gasteiger partial charge is 0.494 e. The Morgan fingerprint density at radius 2 is 2.09 bits per heavy atom. The number of fused-ring (bicyclic) bond motifs is 1. The van der Waals surface area contributed by atoms with Crippen molar-refractivity contribution in [2.45, 2.75) is 9.43 Å². The van der Waals surface area contributed by atoms with Gasteiger partial charge in [-0.15, -0.1) is 11.3 Å². The van der Waals surface area contributed by atoms with Crippen LogP contribution in [0.4, 0.5) is 5.69 Å². The number of nitrogens with zero attached hydrogens (tertiary/aromatic N) is 2. The van der Waals surface area contributed by atoms with Crippen molar-refractivity contribution in [3.05, 3.63) is 70.3 Å². The fourth-order valence-corrected chi connectivity index (χ4v) is 5.87. The molecule has 0 atom stereocenters. The summed E-state index contributed by atoms with van der Waals surface area (Å²) >= 11 is 10.4. The summed E-state index contributed by atoms with van der Waals surface area (Å²) in [7, 11) is 1.56. The van der Waals surface area contributed by atoms with Crippen LogP contribution >= 0.6 is 46.5 Å². The number of hydrogen-bond acceptors (Lipinski definition) is 8. The number of methoxy groups -OCH3 is 1. The van der Waals surface area contributed by atoms with Crippen LogP contribution in [0.15, 0.2) is 78.3 Å². The predicted octanol–water partition coefficient (Wildman–Crippen LogP) is 6.59. The molecule has 6 nitrogen and oxygen atoms in total. The molecule has 0 saturated carbocycles. The number of aliphatic imine (C=N–C) groups is 1. The zero-order valence-corrected chi connectivity index (χ0v) is 19.7. The highest BCUT2D eigenvalue weighted by atomic mass is 35.5. The average Bonchev–Trinajstić information content (AvgIpc) is 3.47. The molecule has 0 bridgehead atoms. The SMILES string of the molecule is COc1ccc(Cl)cc1N=C1NC(=O)/C(=C/c2ccc(Sc3nc4ccccc4s3)o2)S1. The number of rotatable bonds is 5. The molecule has 32 heavy (non-hydrogen) atoms. The van der Waals surface area contributed by atoms with E-state index in [2.05, 4.69) is 15.3 Å². The summed E-state index contributed by atoms with van der Waals surface area (Å²) in [6, 6.07) is 16.8. The molecule has 1 amide bonds. The van der Waals surface area contributed by atoms with Crippen LogP contribution in [0.5, 0.6) is 5.75 Å². The highest BCUT2D eigenvalue weighted by Crippen LogP contribution is 2.37. The van der Waals surface area contributed by atoms with Crippen molar-refractivity contribution >= 4 is 79.5 Å². The van der Waals surface area contributed by atoms with Crippen LogP contribution in [0.3, 0.4) is 0 Å². The molecule has 2 aromatic heterocycles. The summed E-state index contributed by atoms with van der Waals surface area (Å²) in [6.07, 6.45) is 1.69. The summed E-state index contributed by atoms with van der Waals surface area (Å²) in [4.78, 5) is 22.0. The number of halogens is 1. The number of benzene rings is 2. The zero-order chi connectivity index (χ0) is 22.1. The predicted molar refractivity (Wildman–Crippen MR) is 131 cm³/mol. The Labute approximate surface area is 200 Å². The van der Waals surface area contributed by atoms with E-state index in [0.717, 1.165) is 14.6 Å². The van der Waals surface area contributed by atoms with E-state index >= 15 is 0 Å². The van der Waals surface area contributed by atoms with E-state index in [4.69, 9.17) is 20.8 Å². The van der Waals surface area contributed by atoms with Crippen molar-refractivity contribution in [2.24, 2.45) is 4.99 Å². The molecule has 4 aromatic rings. The molecule has 0 unspecified atom stereocenters. The number of aromatic nitrogens is 1. The topological polar surface area (TPSA) is 76.7 Å². The Kier molecular flexibility index (Phi) is 5.97. The van der Waals surface area contributed by atoms with E-state index in [1.807, 2.05) is 36.4 Å². The average molecular weight is 500 g/mol. The minimum absolute atomic E-state index is 0.244. The lowest BCUT2D eigenvalue weighted by Crippen LogP contribution is -2.19. The third-order valence-corrected chi connectivity index (χ3v) is 7.51. The van der Waals surface area contributed by atoms with Gasteiger partial charge in [-0.1, -0.05) is 23.7 Å². The van der Waals surface area contributed by atoms with Gasteiger partial charge in [0, 0.05) is 11.1 Å². The lowest BCUT2D eigenvalue weighted by Gasteiger charge is -2.04. The first kappa shape index (κ1) is 21.1. The highest BCUT2D eigenvalue weighted by Gasteiger charge is 2.25. The number of para-hydroxylation sites is 1. The van der Waals surface area contributed by atoms with Gasteiger partial charge in [-0.25, -0.2) is 9.98 Å². The van der Waals surface area contributed by atoms with Gasteiger partial charge in [0.2, 0.25) is 0 Å². The van der Waals surface area contributed by atoms with Gasteiger partial charge < -0.3 is 14.5 Å². The maximum Gasteiger partial charge on any atom is 0.264 e. The number of amides is 1. The Bertz CT molecular complexity index is 1360. The van der Waals surface area contributed by atoms with E-state index in [1.54, 1.807) is 42.7 Å². The van der Waals surface area contributed by atoms with Crippen LogP contribution in [-0.2, 0) is 4.79 Å². The number of carbonyl (C=O) groups is 1. The monoisotopic (exact) mass is 499 g/mol. The number of amidine groups is 1. The minimum Gasteiger partial charge on any atom is -0.494 e. The Morgan fingerprint density at radius 1 is 1.22 bits per heavy atom. The van der Waals surface area contributed by atoms with E-state index in [9.17, 15) is 4.79 Å². The van der Waals surface area contributed by atoms with E-state index in [0.29, 0.717) is 37.4 Å². The molecular formula is C22H14ClN3O3S3. The second-order valence-electron chi connectivity index (χ2n) is 6.50. The first-order valence-electron chi connectivity index (χ1n) is 9.34. The molecule has 1 fully saturated rings. The number of nitrogens with one attached hydrogen (secondary N) is 1. The van der Waals surface area contributed by atoms with Gasteiger partial charge in [-0.05, 0) is 66.0 Å². The molecule has 10 heteroatoms. The van der Waals surface area contributed by atoms with E-state index < -0.39 is 0 Å². The minimum atomic E-state index is -0.244. The fraction of sp³-hybridized carbons (Fsp3) is 0.0455. The highest BCUT2D eigenvalue weighted by molar-refractivity contribution is 8.18. The van der Waals surface area contributed by atoms with Crippen molar-refractivity contribution < 1.29 is 13.9 Å². The van der Waals surface area contributed by atoms with Gasteiger partial charge in [0.1, 0.15) is 17.2 Å². The van der Waals surface area contributed by atoms with Crippen LogP contribution in [0.1, 0.15) is 5.76 Å². The van der Waals surface area contributed by atoms with E-state index in [-0.39, 0.29) is 5.91 Å². The summed E-state index contributed by atoms with van der Waals surface area (Å²) in [5.74, 6) is 0.899. The molecule has 160 valence electrons. The Morgan fingerprint density at radius 3 is 2.94 bits per heavy atom. The first-order chi connectivity index (χ1) is 15.6. The quantitative estimate of drug-likeness (QED) is 0.312. The number of ether oxygens (including phenoxy) is 1. The van der Waals surface area contributed by atoms with Gasteiger partial charge in [-0.3, -0.25) is 4.79 Å². The number of thioether (sulfide) groups is 1. The van der Waals surface area contributed by atoms with Crippen molar-refractivity contribution in [1.29, 1.82) is 0 Å². The van der Waals surface area contributed by atoms with Crippen LogP contribution in [-0.4, -0.2) is 23.2 Å². The Balaban J connectivity index is 1.33. The van der Waals surface area contributed by atoms with E-state index in [1.165, 1.54) is 23.5 Å². The zero-order valence-electron chi connectivity index (χ0n) is 16.5. The molecule has 0 spiro atoms. The third kappa shape index (κ3) is 4.56. The molecule has 1 N–H and O–H groups in total. The maximum atomic E-state index is 12.4. The van der Waals surface area contributed by atoms with Gasteiger partial charge in [-0.2, -0.15) is 0 Å². The second-order valence-corrected chi connectivity index (χ2v) is 10.3. The molecule has 5 rings (SSSR count). The maximum absolute atomic E-state index is 12.4. The fourth-order valence-electron chi connectivity index (χ4n) is 2.92. The molecule has 3 heterocycles. The number of thiazole rings is 1. The lowest BCUT2D eigenvalue weighted by atomic mass is 10.3. The smallest absolute Gasteiger partial charge is 0.264 e. The van der Waals surface area contributed by atoms with Gasteiger partial charge in [0.15, 0.2) is 14.6 Å². The number of carbonyl (C=O) groups excluding carboxylic acids is 1. The normalized spacial score (nSPS) is 16.2. The third-order valence-electron chi connectivity index (χ3n) is 4.35. The molecule has 2 aromatic carbocycles. The van der Waals surface area contributed by atoms with Gasteiger partial charge >= 0.3 is 0 Å². The van der Waals surface area contributed by atoms with Crippen molar-refractivity contribution in [2.75, 3.05) is 7.11 Å². The van der Waals surface area contributed by atoms with Crippen molar-refractivity contribution in [1.82, 2.24) is 10.3 Å². The number of furan rings is 1. The Hall–Kier alpha value is -2.72. The first-order valence-corrected chi connectivity index (χ1v) is 12.2. The molecule has 1 saturated heterocycles. The summed E-state index contributed by atoms with van der Waals surface area (Å²) in [6.45, 7) is 0. The van der Waals surface area contributed by atoms with Crippen LogP contribution in [0, 0.1) is 0 Å². The summed E-state index contributed by atoms with van der Waals surface area (Å²) in [5, 5.41) is 4.44.